The van der Waals surface area contributed by atoms with Crippen LogP contribution in [0.2, 0.25) is 0 Å². The number of nitrogens with zero attached hydrogens (tertiary/aromatic N) is 2. The minimum absolute atomic E-state index is 0.0111. The van der Waals surface area contributed by atoms with Crippen molar-refractivity contribution in [2.75, 3.05) is 6.54 Å². The predicted octanol–water partition coefficient (Wildman–Crippen LogP) is 2.39. The zero-order valence-corrected chi connectivity index (χ0v) is 14.7. The maximum Gasteiger partial charge on any atom is 0.255 e. The van der Waals surface area contributed by atoms with Gasteiger partial charge in [0.15, 0.2) is 5.43 Å². The molecule has 0 aliphatic carbocycles. The molecule has 134 valence electrons. The molecule has 2 aromatic heterocycles. The number of aromatic amines is 1. The predicted molar refractivity (Wildman–Crippen MR) is 99.2 cm³/mol. The van der Waals surface area contributed by atoms with Gasteiger partial charge in [-0.05, 0) is 18.6 Å². The van der Waals surface area contributed by atoms with Gasteiger partial charge in [-0.25, -0.2) is 4.98 Å². The molecule has 0 saturated heterocycles. The second kappa shape index (κ2) is 6.88. The lowest BCUT2D eigenvalue weighted by atomic mass is 10.1. The highest BCUT2D eigenvalue weighted by Gasteiger charge is 2.22. The number of nitrogens with one attached hydrogen (secondary N) is 1. The van der Waals surface area contributed by atoms with Crippen LogP contribution in [-0.2, 0) is 25.9 Å². The van der Waals surface area contributed by atoms with Crippen molar-refractivity contribution in [2.45, 2.75) is 39.3 Å². The molecular weight excluding hydrogens is 330 g/mol. The van der Waals surface area contributed by atoms with Crippen LogP contribution < -0.4 is 11.0 Å². The minimum atomic E-state index is -0.0614. The van der Waals surface area contributed by atoms with Gasteiger partial charge in [-0.1, -0.05) is 19.1 Å². The third-order valence-electron chi connectivity index (χ3n) is 4.83. The van der Waals surface area contributed by atoms with Crippen molar-refractivity contribution in [2.24, 2.45) is 0 Å². The van der Waals surface area contributed by atoms with E-state index in [0.29, 0.717) is 35.2 Å². The van der Waals surface area contributed by atoms with Crippen LogP contribution in [0.1, 0.15) is 36.0 Å². The summed E-state index contributed by atoms with van der Waals surface area (Å²) >= 11 is 0. The number of aryl methyl sites for hydroxylation is 1. The lowest BCUT2D eigenvalue weighted by Crippen LogP contribution is -2.36. The van der Waals surface area contributed by atoms with Gasteiger partial charge < -0.3 is 9.40 Å². The van der Waals surface area contributed by atoms with E-state index in [2.05, 4.69) is 21.8 Å². The van der Waals surface area contributed by atoms with Crippen molar-refractivity contribution >= 4 is 11.0 Å². The van der Waals surface area contributed by atoms with Crippen LogP contribution in [0.25, 0.3) is 11.0 Å². The second-order valence-corrected chi connectivity index (χ2v) is 6.73. The summed E-state index contributed by atoms with van der Waals surface area (Å²) in [5, 5.41) is 0.589. The highest BCUT2D eigenvalue weighted by atomic mass is 16.3. The van der Waals surface area contributed by atoms with Crippen molar-refractivity contribution < 1.29 is 4.42 Å². The third kappa shape index (κ3) is 3.08. The maximum atomic E-state index is 12.7. The fourth-order valence-electron chi connectivity index (χ4n) is 3.49. The van der Waals surface area contributed by atoms with Gasteiger partial charge >= 0.3 is 0 Å². The van der Waals surface area contributed by atoms with Crippen LogP contribution in [0.3, 0.4) is 0 Å². The summed E-state index contributed by atoms with van der Waals surface area (Å²) in [6, 6.07) is 7.24. The summed E-state index contributed by atoms with van der Waals surface area (Å²) in [4.78, 5) is 34.6. The van der Waals surface area contributed by atoms with Crippen molar-refractivity contribution in [3.8, 4) is 0 Å². The number of benzene rings is 1. The Balaban J connectivity index is 1.59. The fraction of sp³-hybridized carbons (Fsp3) is 0.350. The molecule has 0 bridgehead atoms. The number of aromatic nitrogens is 2. The van der Waals surface area contributed by atoms with Gasteiger partial charge in [0.05, 0.1) is 22.9 Å². The molecule has 1 aliphatic rings. The quantitative estimate of drug-likeness (QED) is 0.781. The minimum Gasteiger partial charge on any atom is -0.464 e. The Morgan fingerprint density at radius 2 is 2.12 bits per heavy atom. The van der Waals surface area contributed by atoms with Gasteiger partial charge in [-0.2, -0.15) is 0 Å². The van der Waals surface area contributed by atoms with Gasteiger partial charge in [0, 0.05) is 38.0 Å². The van der Waals surface area contributed by atoms with Crippen LogP contribution in [0.4, 0.5) is 0 Å². The molecule has 6 nitrogen and oxygen atoms in total. The molecule has 1 aromatic carbocycles. The molecule has 0 amide bonds. The first-order chi connectivity index (χ1) is 12.7. The molecule has 6 heteroatoms. The molecule has 26 heavy (non-hydrogen) atoms. The van der Waals surface area contributed by atoms with Crippen LogP contribution in [0, 0.1) is 0 Å². The summed E-state index contributed by atoms with van der Waals surface area (Å²) in [6.07, 6.45) is 3.98. The monoisotopic (exact) mass is 351 g/mol. The van der Waals surface area contributed by atoms with Crippen molar-refractivity contribution in [3.63, 3.8) is 0 Å². The first-order valence-corrected chi connectivity index (χ1v) is 8.98. The normalized spacial score (nSPS) is 14.5. The molecule has 4 rings (SSSR count). The summed E-state index contributed by atoms with van der Waals surface area (Å²) in [7, 11) is 0. The smallest absolute Gasteiger partial charge is 0.255 e. The van der Waals surface area contributed by atoms with Crippen molar-refractivity contribution in [1.29, 1.82) is 0 Å². The third-order valence-corrected chi connectivity index (χ3v) is 4.83. The number of para-hydroxylation sites is 1. The molecule has 0 unspecified atom stereocenters. The van der Waals surface area contributed by atoms with E-state index in [1.165, 1.54) is 6.26 Å². The van der Waals surface area contributed by atoms with E-state index in [4.69, 9.17) is 4.42 Å². The van der Waals surface area contributed by atoms with Crippen molar-refractivity contribution in [1.82, 2.24) is 14.9 Å². The highest BCUT2D eigenvalue weighted by molar-refractivity contribution is 5.76. The molecule has 3 heterocycles. The molecule has 0 spiro atoms. The number of rotatable bonds is 4. The summed E-state index contributed by atoms with van der Waals surface area (Å²) < 4.78 is 5.59. The van der Waals surface area contributed by atoms with E-state index in [1.807, 2.05) is 12.1 Å². The molecule has 1 aliphatic heterocycles. The molecule has 0 saturated carbocycles. The maximum absolute atomic E-state index is 12.7. The molecule has 3 aromatic rings. The van der Waals surface area contributed by atoms with Crippen molar-refractivity contribution in [3.05, 3.63) is 73.8 Å². The van der Waals surface area contributed by atoms with E-state index < -0.39 is 0 Å². The topological polar surface area (TPSA) is 79.2 Å². The van der Waals surface area contributed by atoms with E-state index in [-0.39, 0.29) is 11.0 Å². The fourth-order valence-corrected chi connectivity index (χ4v) is 3.49. The van der Waals surface area contributed by atoms with Crippen LogP contribution in [0.15, 0.2) is 44.5 Å². The van der Waals surface area contributed by atoms with E-state index in [0.717, 1.165) is 37.3 Å². The Kier molecular flexibility index (Phi) is 4.42. The Bertz CT molecular complexity index is 1070. The van der Waals surface area contributed by atoms with Crippen LogP contribution in [0.5, 0.6) is 0 Å². The van der Waals surface area contributed by atoms with Gasteiger partial charge in [0.2, 0.25) is 0 Å². The average Bonchev–Trinajstić information content (AvgIpc) is 2.65. The highest BCUT2D eigenvalue weighted by Crippen LogP contribution is 2.17. The summed E-state index contributed by atoms with van der Waals surface area (Å²) in [5.41, 5.74) is 2.73. The number of hydrogen-bond acceptors (Lipinski definition) is 5. The molecular formula is C20H21N3O3. The van der Waals surface area contributed by atoms with Gasteiger partial charge in [-0.15, -0.1) is 0 Å². The largest absolute Gasteiger partial charge is 0.464 e. The molecule has 0 atom stereocenters. The first kappa shape index (κ1) is 16.7. The van der Waals surface area contributed by atoms with Gasteiger partial charge in [0.1, 0.15) is 11.4 Å². The molecule has 0 fully saturated rings. The Hall–Kier alpha value is -2.73. The van der Waals surface area contributed by atoms with E-state index in [9.17, 15) is 9.59 Å². The Morgan fingerprint density at radius 3 is 2.96 bits per heavy atom. The summed E-state index contributed by atoms with van der Waals surface area (Å²) in [6.45, 7) is 3.79. The number of fused-ring (bicyclic) bond motifs is 2. The Morgan fingerprint density at radius 1 is 1.27 bits per heavy atom. The Labute approximate surface area is 150 Å². The second-order valence-electron chi connectivity index (χ2n) is 6.73. The average molecular weight is 351 g/mol. The van der Waals surface area contributed by atoms with E-state index in [1.54, 1.807) is 12.1 Å². The van der Waals surface area contributed by atoms with E-state index >= 15 is 0 Å². The molecule has 1 N–H and O–H groups in total. The summed E-state index contributed by atoms with van der Waals surface area (Å²) in [5.74, 6) is 0.764. The zero-order valence-electron chi connectivity index (χ0n) is 14.7. The zero-order chi connectivity index (χ0) is 18.1. The lowest BCUT2D eigenvalue weighted by Gasteiger charge is -2.27. The first-order valence-electron chi connectivity index (χ1n) is 8.98. The number of hydrogen-bond donors (Lipinski definition) is 1. The van der Waals surface area contributed by atoms with Crippen LogP contribution >= 0.6 is 0 Å². The molecule has 0 radical (unpaired) electrons. The SMILES string of the molecule is CCCc1nc2c(c(=O)[nH]1)CN(Cc1coc3ccccc3c1=O)CC2. The number of H-pyrrole nitrogens is 1. The lowest BCUT2D eigenvalue weighted by molar-refractivity contribution is 0.239. The van der Waals surface area contributed by atoms with Crippen LogP contribution in [-0.4, -0.2) is 21.4 Å². The van der Waals surface area contributed by atoms with Gasteiger partial charge in [0.25, 0.3) is 5.56 Å². The standard InChI is InChI=1S/C20H21N3O3/c1-2-5-18-21-16-8-9-23(11-15(16)20(25)22-18)10-13-12-26-17-7-4-3-6-14(17)19(13)24/h3-4,6-7,12H,2,5,8-11H2,1H3,(H,21,22,25). The van der Waals surface area contributed by atoms with Gasteiger partial charge in [-0.3, -0.25) is 14.5 Å².